The molecule has 5 nitrogen and oxygen atoms in total. The molecule has 0 radical (unpaired) electrons. The molecule has 3 heterocycles. The fourth-order valence-electron chi connectivity index (χ4n) is 2.97. The topological polar surface area (TPSA) is 50.2 Å². The number of fused-ring (bicyclic) bond motifs is 1. The fraction of sp³-hybridized carbons (Fsp3) is 0.412. The van der Waals surface area contributed by atoms with Gasteiger partial charge in [-0.2, -0.15) is 0 Å². The van der Waals surface area contributed by atoms with E-state index in [4.69, 9.17) is 0 Å². The summed E-state index contributed by atoms with van der Waals surface area (Å²) in [5.41, 5.74) is 2.47. The Kier molecular flexibility index (Phi) is 4.53. The molecular formula is C17H22N4O. The zero-order valence-corrected chi connectivity index (χ0v) is 12.9. The lowest BCUT2D eigenvalue weighted by molar-refractivity contribution is -0.125. The number of carbonyl (C=O) groups excluding carboxylic acids is 1. The molecule has 0 spiro atoms. The molecule has 1 unspecified atom stereocenters. The number of hydrogen-bond donors (Lipinski definition) is 1. The summed E-state index contributed by atoms with van der Waals surface area (Å²) >= 11 is 0. The van der Waals surface area contributed by atoms with Gasteiger partial charge in [0.1, 0.15) is 0 Å². The van der Waals surface area contributed by atoms with Crippen molar-refractivity contribution >= 4 is 5.91 Å². The van der Waals surface area contributed by atoms with Crippen molar-refractivity contribution in [3.63, 3.8) is 0 Å². The molecule has 1 aliphatic rings. The predicted octanol–water partition coefficient (Wildman–Crippen LogP) is 1.30. The summed E-state index contributed by atoms with van der Waals surface area (Å²) < 4.78 is 2.19. The van der Waals surface area contributed by atoms with Gasteiger partial charge in [-0.25, -0.2) is 0 Å². The van der Waals surface area contributed by atoms with Gasteiger partial charge in [-0.05, 0) is 43.3 Å². The summed E-state index contributed by atoms with van der Waals surface area (Å²) in [4.78, 5) is 18.7. The van der Waals surface area contributed by atoms with E-state index in [0.29, 0.717) is 6.54 Å². The second-order valence-corrected chi connectivity index (χ2v) is 5.94. The van der Waals surface area contributed by atoms with Gasteiger partial charge in [-0.1, -0.05) is 0 Å². The second kappa shape index (κ2) is 6.75. The Labute approximate surface area is 131 Å². The second-order valence-electron chi connectivity index (χ2n) is 5.94. The smallest absolute Gasteiger partial charge is 0.226 e. The Morgan fingerprint density at radius 3 is 2.95 bits per heavy atom. The summed E-state index contributed by atoms with van der Waals surface area (Å²) in [5, 5.41) is 3.07. The Balaban J connectivity index is 1.55. The van der Waals surface area contributed by atoms with Crippen LogP contribution in [-0.4, -0.2) is 40.5 Å². The first-order chi connectivity index (χ1) is 10.7. The Hall–Kier alpha value is -2.14. The molecule has 0 saturated carbocycles. The highest BCUT2D eigenvalue weighted by molar-refractivity contribution is 5.78. The van der Waals surface area contributed by atoms with Crippen molar-refractivity contribution in [2.75, 3.05) is 20.1 Å². The summed E-state index contributed by atoms with van der Waals surface area (Å²) in [6.07, 6.45) is 6.47. The standard InChI is InChI=1S/C17H22N4O/c1-20-11-15(12-21-10-2-3-16(21)13-20)17(22)19-9-6-14-4-7-18-8-5-14/h2-5,7-8,10,15H,6,9,11-13H2,1H3,(H,19,22). The van der Waals surface area contributed by atoms with E-state index in [1.165, 1.54) is 11.3 Å². The molecule has 1 amide bonds. The molecule has 1 aliphatic heterocycles. The van der Waals surface area contributed by atoms with Gasteiger partial charge < -0.3 is 9.88 Å². The summed E-state index contributed by atoms with van der Waals surface area (Å²) in [7, 11) is 2.07. The van der Waals surface area contributed by atoms with Gasteiger partial charge in [0.15, 0.2) is 0 Å². The summed E-state index contributed by atoms with van der Waals surface area (Å²) in [5.74, 6) is 0.138. The Morgan fingerprint density at radius 2 is 2.14 bits per heavy atom. The van der Waals surface area contributed by atoms with Gasteiger partial charge in [-0.3, -0.25) is 14.7 Å². The monoisotopic (exact) mass is 298 g/mol. The van der Waals surface area contributed by atoms with Crippen molar-refractivity contribution in [2.24, 2.45) is 5.92 Å². The number of amides is 1. The first-order valence-electron chi connectivity index (χ1n) is 7.71. The van der Waals surface area contributed by atoms with Crippen molar-refractivity contribution in [3.05, 3.63) is 54.1 Å². The van der Waals surface area contributed by atoms with Crippen molar-refractivity contribution in [3.8, 4) is 0 Å². The van der Waals surface area contributed by atoms with Crippen LogP contribution in [0.15, 0.2) is 42.9 Å². The molecule has 0 bridgehead atoms. The van der Waals surface area contributed by atoms with E-state index in [-0.39, 0.29) is 11.8 Å². The molecular weight excluding hydrogens is 276 g/mol. The van der Waals surface area contributed by atoms with Crippen LogP contribution >= 0.6 is 0 Å². The molecule has 0 aliphatic carbocycles. The molecule has 1 atom stereocenters. The highest BCUT2D eigenvalue weighted by atomic mass is 16.1. The van der Waals surface area contributed by atoms with E-state index in [1.807, 2.05) is 18.2 Å². The lowest BCUT2D eigenvalue weighted by Gasteiger charge is -2.19. The fourth-order valence-corrected chi connectivity index (χ4v) is 2.97. The molecule has 1 N–H and O–H groups in total. The number of rotatable bonds is 4. The molecule has 2 aromatic heterocycles. The number of nitrogens with zero attached hydrogens (tertiary/aromatic N) is 3. The van der Waals surface area contributed by atoms with E-state index in [1.54, 1.807) is 12.4 Å². The zero-order valence-electron chi connectivity index (χ0n) is 12.9. The highest BCUT2D eigenvalue weighted by Gasteiger charge is 2.24. The highest BCUT2D eigenvalue weighted by Crippen LogP contribution is 2.16. The van der Waals surface area contributed by atoms with Gasteiger partial charge in [-0.15, -0.1) is 0 Å². The van der Waals surface area contributed by atoms with Gasteiger partial charge in [0.05, 0.1) is 5.92 Å². The average Bonchev–Trinajstić information content (AvgIpc) is 2.87. The molecule has 2 aromatic rings. The lowest BCUT2D eigenvalue weighted by atomic mass is 10.1. The maximum absolute atomic E-state index is 12.5. The van der Waals surface area contributed by atoms with Crippen LogP contribution in [0.25, 0.3) is 0 Å². The van der Waals surface area contributed by atoms with E-state index in [0.717, 1.165) is 26.1 Å². The Morgan fingerprint density at radius 1 is 1.32 bits per heavy atom. The van der Waals surface area contributed by atoms with Crippen LogP contribution in [0.4, 0.5) is 0 Å². The molecule has 116 valence electrons. The van der Waals surface area contributed by atoms with Crippen LogP contribution < -0.4 is 5.32 Å². The maximum atomic E-state index is 12.5. The van der Waals surface area contributed by atoms with Crippen LogP contribution in [0.1, 0.15) is 11.3 Å². The van der Waals surface area contributed by atoms with E-state index < -0.39 is 0 Å². The van der Waals surface area contributed by atoms with Gasteiger partial charge in [0.25, 0.3) is 0 Å². The van der Waals surface area contributed by atoms with E-state index in [9.17, 15) is 4.79 Å². The molecule has 0 saturated heterocycles. The third-order valence-corrected chi connectivity index (χ3v) is 4.14. The number of hydrogen-bond acceptors (Lipinski definition) is 3. The van der Waals surface area contributed by atoms with Crippen LogP contribution in [-0.2, 0) is 24.3 Å². The van der Waals surface area contributed by atoms with Crippen molar-refractivity contribution in [1.29, 1.82) is 0 Å². The molecule has 5 heteroatoms. The third-order valence-electron chi connectivity index (χ3n) is 4.14. The van der Waals surface area contributed by atoms with E-state index >= 15 is 0 Å². The summed E-state index contributed by atoms with van der Waals surface area (Å²) in [6.45, 7) is 3.12. The van der Waals surface area contributed by atoms with Crippen LogP contribution in [0.2, 0.25) is 0 Å². The number of pyridine rings is 1. The van der Waals surface area contributed by atoms with E-state index in [2.05, 4.69) is 39.1 Å². The molecule has 3 rings (SSSR count). The average molecular weight is 298 g/mol. The third kappa shape index (κ3) is 3.54. The first-order valence-corrected chi connectivity index (χ1v) is 7.71. The Bertz CT molecular complexity index is 623. The van der Waals surface area contributed by atoms with Crippen molar-refractivity contribution in [2.45, 2.75) is 19.5 Å². The van der Waals surface area contributed by atoms with Gasteiger partial charge in [0.2, 0.25) is 5.91 Å². The van der Waals surface area contributed by atoms with Gasteiger partial charge >= 0.3 is 0 Å². The van der Waals surface area contributed by atoms with Crippen LogP contribution in [0, 0.1) is 5.92 Å². The maximum Gasteiger partial charge on any atom is 0.226 e. The minimum absolute atomic E-state index is 0.00362. The molecule has 22 heavy (non-hydrogen) atoms. The first kappa shape index (κ1) is 14.8. The largest absolute Gasteiger partial charge is 0.355 e. The minimum Gasteiger partial charge on any atom is -0.355 e. The van der Waals surface area contributed by atoms with Crippen LogP contribution in [0.5, 0.6) is 0 Å². The van der Waals surface area contributed by atoms with Crippen molar-refractivity contribution in [1.82, 2.24) is 19.8 Å². The SMILES string of the molecule is CN1Cc2cccn2CC(C(=O)NCCc2ccncc2)C1. The predicted molar refractivity (Wildman–Crippen MR) is 85.2 cm³/mol. The number of aromatic nitrogens is 2. The van der Waals surface area contributed by atoms with Crippen molar-refractivity contribution < 1.29 is 4.79 Å². The number of carbonyl (C=O) groups is 1. The lowest BCUT2D eigenvalue weighted by Crippen LogP contribution is -2.38. The quantitative estimate of drug-likeness (QED) is 0.926. The zero-order chi connectivity index (χ0) is 15.4. The van der Waals surface area contributed by atoms with Gasteiger partial charge in [0, 0.05) is 50.5 Å². The molecule has 0 fully saturated rings. The number of nitrogens with one attached hydrogen (secondary N) is 1. The minimum atomic E-state index is -0.00362. The normalized spacial score (nSPS) is 18.5. The van der Waals surface area contributed by atoms with Crippen LogP contribution in [0.3, 0.4) is 0 Å². The molecule has 0 aromatic carbocycles. The summed E-state index contributed by atoms with van der Waals surface area (Å²) in [6, 6.07) is 8.14.